The van der Waals surface area contributed by atoms with Crippen molar-refractivity contribution in [2.45, 2.75) is 61.7 Å². The zero-order chi connectivity index (χ0) is 20.1. The molecule has 0 bridgehead atoms. The molecule has 0 aromatic heterocycles. The molecular formula is C24H29N3OS. The second-order valence-electron chi connectivity index (χ2n) is 7.78. The summed E-state index contributed by atoms with van der Waals surface area (Å²) in [7, 11) is 0. The second-order valence-corrected chi connectivity index (χ2v) is 8.87. The van der Waals surface area contributed by atoms with E-state index in [1.54, 1.807) is 11.8 Å². The molecule has 152 valence electrons. The van der Waals surface area contributed by atoms with Crippen LogP contribution in [-0.2, 0) is 0 Å². The average Bonchev–Trinajstić information content (AvgIpc) is 2.90. The van der Waals surface area contributed by atoms with Crippen molar-refractivity contribution < 1.29 is 4.79 Å². The zero-order valence-corrected chi connectivity index (χ0v) is 17.9. The van der Waals surface area contributed by atoms with Gasteiger partial charge in [0.05, 0.1) is 5.69 Å². The van der Waals surface area contributed by atoms with Gasteiger partial charge in [-0.25, -0.2) is 5.01 Å². The van der Waals surface area contributed by atoms with Crippen LogP contribution in [-0.4, -0.2) is 29.7 Å². The number of nitrogens with zero attached hydrogens (tertiary/aromatic N) is 2. The molecule has 0 aliphatic carbocycles. The molecule has 1 fully saturated rings. The van der Waals surface area contributed by atoms with Gasteiger partial charge in [0.1, 0.15) is 0 Å². The predicted molar refractivity (Wildman–Crippen MR) is 120 cm³/mol. The number of unbranched alkanes of at least 4 members (excludes halogenated alkanes) is 2. The molecule has 0 atom stereocenters. The van der Waals surface area contributed by atoms with Gasteiger partial charge in [-0.3, -0.25) is 15.2 Å². The van der Waals surface area contributed by atoms with E-state index in [0.717, 1.165) is 55.1 Å². The molecule has 4 rings (SSSR count). The molecule has 2 aliphatic heterocycles. The number of amides is 1. The van der Waals surface area contributed by atoms with E-state index in [4.69, 9.17) is 4.99 Å². The second kappa shape index (κ2) is 9.59. The number of benzene rings is 2. The Morgan fingerprint density at radius 2 is 1.90 bits per heavy atom. The van der Waals surface area contributed by atoms with E-state index >= 15 is 0 Å². The Kier molecular flexibility index (Phi) is 6.67. The Balaban J connectivity index is 1.61. The number of nitrogens with one attached hydrogen (secondary N) is 1. The van der Waals surface area contributed by atoms with Crippen LogP contribution in [0.25, 0.3) is 0 Å². The van der Waals surface area contributed by atoms with Gasteiger partial charge in [0.15, 0.2) is 0 Å². The van der Waals surface area contributed by atoms with Gasteiger partial charge < -0.3 is 0 Å². The van der Waals surface area contributed by atoms with Gasteiger partial charge in [0, 0.05) is 39.7 Å². The molecule has 0 radical (unpaired) electrons. The minimum Gasteiger partial charge on any atom is -0.285 e. The highest BCUT2D eigenvalue weighted by atomic mass is 32.2. The van der Waals surface area contributed by atoms with Crippen molar-refractivity contribution in [1.82, 2.24) is 10.4 Å². The van der Waals surface area contributed by atoms with Crippen molar-refractivity contribution in [3.05, 3.63) is 53.6 Å². The number of carbonyl (C=O) groups is 1. The zero-order valence-electron chi connectivity index (χ0n) is 17.1. The van der Waals surface area contributed by atoms with Crippen LogP contribution in [0.3, 0.4) is 0 Å². The largest absolute Gasteiger partial charge is 0.285 e. The Morgan fingerprint density at radius 3 is 2.72 bits per heavy atom. The lowest BCUT2D eigenvalue weighted by atomic mass is 10.0. The van der Waals surface area contributed by atoms with E-state index in [0.29, 0.717) is 5.56 Å². The maximum Gasteiger partial charge on any atom is 0.265 e. The third kappa shape index (κ3) is 4.90. The number of fused-ring (bicyclic) bond motifs is 2. The molecule has 0 saturated carbocycles. The van der Waals surface area contributed by atoms with E-state index in [1.807, 2.05) is 23.2 Å². The highest BCUT2D eigenvalue weighted by Crippen LogP contribution is 2.41. The lowest BCUT2D eigenvalue weighted by Crippen LogP contribution is -2.45. The number of hydrogen-bond donors (Lipinski definition) is 1. The molecule has 1 saturated heterocycles. The van der Waals surface area contributed by atoms with Crippen LogP contribution in [0, 0.1) is 0 Å². The quantitative estimate of drug-likeness (QED) is 0.599. The third-order valence-electron chi connectivity index (χ3n) is 5.53. The van der Waals surface area contributed by atoms with Crippen molar-refractivity contribution in [2.24, 2.45) is 4.99 Å². The fourth-order valence-corrected chi connectivity index (χ4v) is 4.92. The SMILES string of the molecule is CCCCCC1=Nc2cc(C(=O)NN3CCCCC3)ccc2Sc2ccccc21. The van der Waals surface area contributed by atoms with Gasteiger partial charge >= 0.3 is 0 Å². The number of rotatable bonds is 6. The first-order chi connectivity index (χ1) is 14.2. The van der Waals surface area contributed by atoms with Crippen LogP contribution in [0.5, 0.6) is 0 Å². The molecule has 2 heterocycles. The Morgan fingerprint density at radius 1 is 1.07 bits per heavy atom. The van der Waals surface area contributed by atoms with Crippen LogP contribution in [0.1, 0.15) is 67.8 Å². The summed E-state index contributed by atoms with van der Waals surface area (Å²) < 4.78 is 0. The molecule has 0 unspecified atom stereocenters. The lowest BCUT2D eigenvalue weighted by molar-refractivity contribution is 0.0750. The van der Waals surface area contributed by atoms with E-state index in [1.165, 1.54) is 29.7 Å². The maximum atomic E-state index is 12.8. The monoisotopic (exact) mass is 407 g/mol. The number of hydrazine groups is 1. The number of piperidine rings is 1. The molecule has 2 aromatic rings. The normalized spacial score (nSPS) is 16.4. The summed E-state index contributed by atoms with van der Waals surface area (Å²) in [6, 6.07) is 14.4. The fraction of sp³-hybridized carbons (Fsp3) is 0.417. The van der Waals surface area contributed by atoms with Gasteiger partial charge in [-0.2, -0.15) is 0 Å². The first-order valence-corrected chi connectivity index (χ1v) is 11.6. The molecule has 4 nitrogen and oxygen atoms in total. The molecule has 5 heteroatoms. The van der Waals surface area contributed by atoms with Crippen LogP contribution in [0.2, 0.25) is 0 Å². The van der Waals surface area contributed by atoms with Crippen molar-refractivity contribution in [2.75, 3.05) is 13.1 Å². The summed E-state index contributed by atoms with van der Waals surface area (Å²) in [5, 5.41) is 2.04. The summed E-state index contributed by atoms with van der Waals surface area (Å²) in [5.74, 6) is -0.0378. The minimum atomic E-state index is -0.0378. The van der Waals surface area contributed by atoms with Gasteiger partial charge in [0.2, 0.25) is 0 Å². The summed E-state index contributed by atoms with van der Waals surface area (Å²) in [5.41, 5.74) is 7.01. The molecule has 2 aliphatic rings. The molecule has 29 heavy (non-hydrogen) atoms. The predicted octanol–water partition coefficient (Wildman–Crippen LogP) is 5.98. The number of carbonyl (C=O) groups excluding carboxylic acids is 1. The number of aliphatic imine (C=N–C) groups is 1. The van der Waals surface area contributed by atoms with Crippen LogP contribution in [0.4, 0.5) is 5.69 Å². The molecule has 0 spiro atoms. The molecule has 2 aromatic carbocycles. The first-order valence-electron chi connectivity index (χ1n) is 10.8. The van der Waals surface area contributed by atoms with E-state index in [-0.39, 0.29) is 5.91 Å². The first kappa shape index (κ1) is 20.2. The Hall–Kier alpha value is -2.11. The summed E-state index contributed by atoms with van der Waals surface area (Å²) in [6.45, 7) is 4.09. The smallest absolute Gasteiger partial charge is 0.265 e. The fourth-order valence-electron chi connectivity index (χ4n) is 3.90. The number of hydrogen-bond acceptors (Lipinski definition) is 4. The standard InChI is InChI=1S/C24H29N3OS/c1-2-3-5-11-20-19-10-6-7-12-22(19)29-23-14-13-18(17-21(23)25-20)24(28)26-27-15-8-4-9-16-27/h6-7,10,12-14,17H,2-5,8-9,11,15-16H2,1H3,(H,26,28). The lowest BCUT2D eigenvalue weighted by Gasteiger charge is -2.26. The van der Waals surface area contributed by atoms with E-state index in [9.17, 15) is 4.79 Å². The van der Waals surface area contributed by atoms with Gasteiger partial charge in [-0.1, -0.05) is 56.1 Å². The van der Waals surface area contributed by atoms with Crippen LogP contribution in [0.15, 0.2) is 57.2 Å². The Bertz CT molecular complexity index is 903. The topological polar surface area (TPSA) is 44.7 Å². The van der Waals surface area contributed by atoms with Gasteiger partial charge in [-0.15, -0.1) is 0 Å². The van der Waals surface area contributed by atoms with Gasteiger partial charge in [-0.05, 0) is 49.9 Å². The van der Waals surface area contributed by atoms with Crippen LogP contribution < -0.4 is 5.43 Å². The average molecular weight is 408 g/mol. The molecule has 1 amide bonds. The Labute approximate surface area is 177 Å². The van der Waals surface area contributed by atoms with Crippen LogP contribution >= 0.6 is 11.8 Å². The highest BCUT2D eigenvalue weighted by molar-refractivity contribution is 7.99. The van der Waals surface area contributed by atoms with E-state index < -0.39 is 0 Å². The van der Waals surface area contributed by atoms with Crippen molar-refractivity contribution in [1.29, 1.82) is 0 Å². The van der Waals surface area contributed by atoms with Crippen molar-refractivity contribution >= 4 is 29.1 Å². The van der Waals surface area contributed by atoms with Gasteiger partial charge in [0.25, 0.3) is 5.91 Å². The third-order valence-corrected chi connectivity index (χ3v) is 6.67. The summed E-state index contributed by atoms with van der Waals surface area (Å²) in [4.78, 5) is 20.2. The summed E-state index contributed by atoms with van der Waals surface area (Å²) in [6.07, 6.45) is 8.04. The molecular weight excluding hydrogens is 378 g/mol. The molecule has 1 N–H and O–H groups in total. The summed E-state index contributed by atoms with van der Waals surface area (Å²) >= 11 is 1.75. The van der Waals surface area contributed by atoms with Crippen molar-refractivity contribution in [3.8, 4) is 0 Å². The highest BCUT2D eigenvalue weighted by Gasteiger charge is 2.19. The maximum absolute atomic E-state index is 12.8. The minimum absolute atomic E-state index is 0.0378. The van der Waals surface area contributed by atoms with E-state index in [2.05, 4.69) is 36.6 Å². The van der Waals surface area contributed by atoms with Crippen molar-refractivity contribution in [3.63, 3.8) is 0 Å².